The monoisotopic (exact) mass is 219 g/mol. The smallest absolute Gasteiger partial charge is 0.150 e. The van der Waals surface area contributed by atoms with Gasteiger partial charge >= 0.3 is 0 Å². The van der Waals surface area contributed by atoms with Crippen molar-refractivity contribution in [2.45, 2.75) is 13.5 Å². The van der Waals surface area contributed by atoms with Crippen LogP contribution in [0.1, 0.15) is 21.5 Å². The van der Waals surface area contributed by atoms with Gasteiger partial charge in [0.2, 0.25) is 0 Å². The number of hydrogen-bond donors (Lipinski definition) is 0. The molecule has 0 unspecified atom stereocenters. The second kappa shape index (κ2) is 5.23. The number of aryl methyl sites for hydroxylation is 1. The van der Waals surface area contributed by atoms with Gasteiger partial charge in [-0.05, 0) is 24.1 Å². The highest BCUT2D eigenvalue weighted by Gasteiger charge is 2.11. The number of benzene rings is 1. The highest BCUT2D eigenvalue weighted by Crippen LogP contribution is 2.12. The molecule has 3 nitrogen and oxygen atoms in total. The van der Waals surface area contributed by atoms with E-state index in [0.717, 1.165) is 50.3 Å². The van der Waals surface area contributed by atoms with Gasteiger partial charge in [0.05, 0.1) is 13.2 Å². The summed E-state index contributed by atoms with van der Waals surface area (Å²) in [6.07, 6.45) is 0.929. The summed E-state index contributed by atoms with van der Waals surface area (Å²) in [5.41, 5.74) is 3.04. The Hall–Kier alpha value is -1.19. The van der Waals surface area contributed by atoms with E-state index in [1.54, 1.807) is 0 Å². The summed E-state index contributed by atoms with van der Waals surface area (Å²) < 4.78 is 5.30. The summed E-state index contributed by atoms with van der Waals surface area (Å²) in [6.45, 7) is 6.44. The molecule has 1 aromatic rings. The van der Waals surface area contributed by atoms with Crippen LogP contribution in [0.3, 0.4) is 0 Å². The van der Waals surface area contributed by atoms with Crippen LogP contribution in [0.2, 0.25) is 0 Å². The van der Waals surface area contributed by atoms with Crippen molar-refractivity contribution >= 4 is 6.29 Å². The predicted octanol–water partition coefficient (Wildman–Crippen LogP) is 1.64. The fourth-order valence-electron chi connectivity index (χ4n) is 1.93. The molecule has 0 aromatic heterocycles. The molecule has 0 N–H and O–H groups in total. The Labute approximate surface area is 96.0 Å². The van der Waals surface area contributed by atoms with E-state index in [4.69, 9.17) is 4.74 Å². The second-order valence-corrected chi connectivity index (χ2v) is 4.20. The molecule has 0 atom stereocenters. The van der Waals surface area contributed by atoms with E-state index < -0.39 is 0 Å². The third kappa shape index (κ3) is 2.68. The Morgan fingerprint density at radius 2 is 2.12 bits per heavy atom. The molecule has 0 aliphatic carbocycles. The van der Waals surface area contributed by atoms with Gasteiger partial charge < -0.3 is 4.74 Å². The van der Waals surface area contributed by atoms with E-state index in [1.165, 1.54) is 5.56 Å². The maximum absolute atomic E-state index is 10.8. The summed E-state index contributed by atoms with van der Waals surface area (Å²) >= 11 is 0. The van der Waals surface area contributed by atoms with E-state index in [0.29, 0.717) is 0 Å². The van der Waals surface area contributed by atoms with Gasteiger partial charge in [-0.25, -0.2) is 0 Å². The molecule has 0 spiro atoms. The highest BCUT2D eigenvalue weighted by atomic mass is 16.5. The standard InChI is InChI=1S/C13H17NO2/c1-11-2-3-12(8-13(11)10-15)9-14-4-6-16-7-5-14/h2-3,8,10H,4-7,9H2,1H3. The molecule has 16 heavy (non-hydrogen) atoms. The van der Waals surface area contributed by atoms with Crippen molar-refractivity contribution in [3.8, 4) is 0 Å². The Balaban J connectivity index is 2.05. The summed E-state index contributed by atoms with van der Waals surface area (Å²) in [7, 11) is 0. The fourth-order valence-corrected chi connectivity index (χ4v) is 1.93. The van der Waals surface area contributed by atoms with E-state index >= 15 is 0 Å². The first-order chi connectivity index (χ1) is 7.79. The number of carbonyl (C=O) groups excluding carboxylic acids is 1. The van der Waals surface area contributed by atoms with Gasteiger partial charge in [-0.15, -0.1) is 0 Å². The van der Waals surface area contributed by atoms with E-state index in [-0.39, 0.29) is 0 Å². The Bertz CT molecular complexity index is 370. The molecule has 86 valence electrons. The quantitative estimate of drug-likeness (QED) is 0.724. The molecule has 2 rings (SSSR count). The van der Waals surface area contributed by atoms with Crippen molar-refractivity contribution in [1.82, 2.24) is 4.90 Å². The molecular weight excluding hydrogens is 202 g/mol. The number of morpholine rings is 1. The van der Waals surface area contributed by atoms with Crippen molar-refractivity contribution in [1.29, 1.82) is 0 Å². The maximum atomic E-state index is 10.8. The number of carbonyl (C=O) groups is 1. The van der Waals surface area contributed by atoms with Gasteiger partial charge in [-0.2, -0.15) is 0 Å². The molecular formula is C13H17NO2. The summed E-state index contributed by atoms with van der Waals surface area (Å²) in [4.78, 5) is 13.2. The van der Waals surface area contributed by atoms with Crippen molar-refractivity contribution in [2.24, 2.45) is 0 Å². The zero-order valence-electron chi connectivity index (χ0n) is 9.61. The molecule has 1 aromatic carbocycles. The van der Waals surface area contributed by atoms with E-state index in [9.17, 15) is 4.79 Å². The first-order valence-electron chi connectivity index (χ1n) is 5.64. The summed E-state index contributed by atoms with van der Waals surface area (Å²) in [5, 5.41) is 0. The topological polar surface area (TPSA) is 29.5 Å². The number of hydrogen-bond acceptors (Lipinski definition) is 3. The Morgan fingerprint density at radius 1 is 1.38 bits per heavy atom. The third-order valence-corrected chi connectivity index (χ3v) is 2.98. The van der Waals surface area contributed by atoms with Crippen LogP contribution in [-0.2, 0) is 11.3 Å². The van der Waals surface area contributed by atoms with Crippen molar-refractivity contribution in [3.63, 3.8) is 0 Å². The first kappa shape index (κ1) is 11.3. The molecule has 1 aliphatic heterocycles. The van der Waals surface area contributed by atoms with Crippen LogP contribution in [0.4, 0.5) is 0 Å². The van der Waals surface area contributed by atoms with Crippen molar-refractivity contribution < 1.29 is 9.53 Å². The number of aldehydes is 1. The van der Waals surface area contributed by atoms with Crippen LogP contribution < -0.4 is 0 Å². The van der Waals surface area contributed by atoms with Crippen molar-refractivity contribution in [3.05, 3.63) is 34.9 Å². The maximum Gasteiger partial charge on any atom is 0.150 e. The molecule has 1 heterocycles. The molecule has 0 amide bonds. The molecule has 1 aliphatic rings. The van der Waals surface area contributed by atoms with E-state index in [1.807, 2.05) is 19.1 Å². The lowest BCUT2D eigenvalue weighted by molar-refractivity contribution is 0.0342. The van der Waals surface area contributed by atoms with Gasteiger partial charge in [0, 0.05) is 25.2 Å². The molecule has 0 saturated carbocycles. The molecule has 3 heteroatoms. The van der Waals surface area contributed by atoms with Gasteiger partial charge in [0.1, 0.15) is 6.29 Å². The lowest BCUT2D eigenvalue weighted by atomic mass is 10.1. The van der Waals surface area contributed by atoms with Gasteiger partial charge in [-0.1, -0.05) is 12.1 Å². The molecule has 1 saturated heterocycles. The fraction of sp³-hybridized carbons (Fsp3) is 0.462. The summed E-state index contributed by atoms with van der Waals surface area (Å²) in [6, 6.07) is 6.09. The summed E-state index contributed by atoms with van der Waals surface area (Å²) in [5.74, 6) is 0. The van der Waals surface area contributed by atoms with Crippen LogP contribution in [0, 0.1) is 6.92 Å². The van der Waals surface area contributed by atoms with Gasteiger partial charge in [0.15, 0.2) is 0 Å². The van der Waals surface area contributed by atoms with Crippen LogP contribution in [0.15, 0.2) is 18.2 Å². The molecule has 1 fully saturated rings. The lowest BCUT2D eigenvalue weighted by Gasteiger charge is -2.26. The van der Waals surface area contributed by atoms with Crippen LogP contribution >= 0.6 is 0 Å². The van der Waals surface area contributed by atoms with E-state index in [2.05, 4.69) is 11.0 Å². The largest absolute Gasteiger partial charge is 0.379 e. The minimum atomic E-state index is 0.797. The number of nitrogens with zero attached hydrogens (tertiary/aromatic N) is 1. The van der Waals surface area contributed by atoms with Gasteiger partial charge in [0.25, 0.3) is 0 Å². The normalized spacial score (nSPS) is 17.3. The average molecular weight is 219 g/mol. The minimum Gasteiger partial charge on any atom is -0.379 e. The van der Waals surface area contributed by atoms with Crippen LogP contribution in [-0.4, -0.2) is 37.5 Å². The Kier molecular flexibility index (Phi) is 3.70. The van der Waals surface area contributed by atoms with Crippen LogP contribution in [0.25, 0.3) is 0 Å². The molecule has 0 bridgehead atoms. The van der Waals surface area contributed by atoms with Crippen LogP contribution in [0.5, 0.6) is 0 Å². The third-order valence-electron chi connectivity index (χ3n) is 2.98. The average Bonchev–Trinajstić information content (AvgIpc) is 2.33. The highest BCUT2D eigenvalue weighted by molar-refractivity contribution is 5.77. The number of ether oxygens (including phenoxy) is 1. The second-order valence-electron chi connectivity index (χ2n) is 4.20. The Morgan fingerprint density at radius 3 is 2.81 bits per heavy atom. The number of rotatable bonds is 3. The predicted molar refractivity (Wildman–Crippen MR) is 62.7 cm³/mol. The minimum absolute atomic E-state index is 0.797. The van der Waals surface area contributed by atoms with Gasteiger partial charge in [-0.3, -0.25) is 9.69 Å². The first-order valence-corrected chi connectivity index (χ1v) is 5.64. The molecule has 0 radical (unpaired) electrons. The lowest BCUT2D eigenvalue weighted by Crippen LogP contribution is -2.35. The zero-order chi connectivity index (χ0) is 11.4. The SMILES string of the molecule is Cc1ccc(CN2CCOCC2)cc1C=O. The van der Waals surface area contributed by atoms with Crippen molar-refractivity contribution in [2.75, 3.05) is 26.3 Å². The zero-order valence-corrected chi connectivity index (χ0v) is 9.61.